The van der Waals surface area contributed by atoms with Gasteiger partial charge in [-0.05, 0) is 72.1 Å². The van der Waals surface area contributed by atoms with Crippen LogP contribution >= 0.6 is 0 Å². The third-order valence-corrected chi connectivity index (χ3v) is 6.26. The minimum absolute atomic E-state index is 0.233. The van der Waals surface area contributed by atoms with Crippen LogP contribution in [0.5, 0.6) is 11.5 Å². The number of nitrogens with one attached hydrogen (secondary N) is 1. The number of rotatable bonds is 12. The molecule has 1 amide bonds. The van der Waals surface area contributed by atoms with Gasteiger partial charge in [0.2, 0.25) is 0 Å². The number of para-hydroxylation sites is 1. The van der Waals surface area contributed by atoms with E-state index in [0.29, 0.717) is 34.6 Å². The van der Waals surface area contributed by atoms with Crippen molar-refractivity contribution in [2.75, 3.05) is 19.8 Å². The lowest BCUT2D eigenvalue weighted by Crippen LogP contribution is -2.31. The molecule has 0 saturated heterocycles. The first kappa shape index (κ1) is 30.2. The number of hydrogen-bond acceptors (Lipinski definition) is 5. The minimum Gasteiger partial charge on any atom is -0.492 e. The molecule has 4 rings (SSSR count). The van der Waals surface area contributed by atoms with E-state index >= 15 is 0 Å². The first-order valence-electron chi connectivity index (χ1n) is 13.4. The van der Waals surface area contributed by atoms with E-state index in [0.717, 1.165) is 17.7 Å². The molecule has 0 aromatic heterocycles. The van der Waals surface area contributed by atoms with Gasteiger partial charge >= 0.3 is 12.1 Å². The first-order valence-corrected chi connectivity index (χ1v) is 13.4. The molecule has 0 radical (unpaired) electrons. The second kappa shape index (κ2) is 14.2. The van der Waals surface area contributed by atoms with Gasteiger partial charge in [0.05, 0.1) is 18.7 Å². The molecule has 0 saturated carbocycles. The highest BCUT2D eigenvalue weighted by atomic mass is 19.4. The molecule has 0 bridgehead atoms. The highest BCUT2D eigenvalue weighted by molar-refractivity contribution is 5.94. The van der Waals surface area contributed by atoms with Gasteiger partial charge in [0.25, 0.3) is 5.91 Å². The molecule has 4 aromatic rings. The monoisotopic (exact) mass is 577 g/mol. The Balaban J connectivity index is 1.24. The van der Waals surface area contributed by atoms with Gasteiger partial charge in [0, 0.05) is 12.0 Å². The third-order valence-electron chi connectivity index (χ3n) is 6.26. The fourth-order valence-corrected chi connectivity index (χ4v) is 4.11. The van der Waals surface area contributed by atoms with Gasteiger partial charge < -0.3 is 19.5 Å². The molecule has 0 fully saturated rings. The van der Waals surface area contributed by atoms with Crippen LogP contribution in [0.25, 0.3) is 11.1 Å². The van der Waals surface area contributed by atoms with Crippen LogP contribution in [0.2, 0.25) is 0 Å². The molecule has 0 aliphatic rings. The normalized spacial score (nSPS) is 11.8. The van der Waals surface area contributed by atoms with Crippen LogP contribution in [0.1, 0.15) is 28.4 Å². The van der Waals surface area contributed by atoms with E-state index in [-0.39, 0.29) is 25.7 Å². The summed E-state index contributed by atoms with van der Waals surface area (Å²) in [5.74, 6) is 0.446. The maximum Gasteiger partial charge on any atom is 0.416 e. The topological polar surface area (TPSA) is 73.9 Å². The number of esters is 1. The fourth-order valence-electron chi connectivity index (χ4n) is 4.11. The number of benzene rings is 4. The largest absolute Gasteiger partial charge is 0.492 e. The van der Waals surface area contributed by atoms with E-state index in [1.165, 1.54) is 12.1 Å². The van der Waals surface area contributed by atoms with Crippen molar-refractivity contribution in [2.24, 2.45) is 0 Å². The van der Waals surface area contributed by atoms with E-state index < -0.39 is 23.8 Å². The van der Waals surface area contributed by atoms with Crippen LogP contribution in [0, 0.1) is 0 Å². The predicted octanol–water partition coefficient (Wildman–Crippen LogP) is 6.73. The summed E-state index contributed by atoms with van der Waals surface area (Å²) < 4.78 is 55.1. The van der Waals surface area contributed by atoms with E-state index in [1.807, 2.05) is 30.3 Å². The molecule has 1 unspecified atom stereocenters. The SMILES string of the molecule is CCOC(=O)C(Cc1ccc(OCCNC(=O)c2ccc(-c3ccc(C(F)(F)F)cc3)cc2)cc1)Oc1ccccc1. The van der Waals surface area contributed by atoms with E-state index in [9.17, 15) is 22.8 Å². The molecule has 0 heterocycles. The van der Waals surface area contributed by atoms with Crippen LogP contribution < -0.4 is 14.8 Å². The lowest BCUT2D eigenvalue weighted by Gasteiger charge is -2.18. The Hall–Kier alpha value is -4.79. The highest BCUT2D eigenvalue weighted by Gasteiger charge is 2.30. The van der Waals surface area contributed by atoms with Crippen molar-refractivity contribution in [1.82, 2.24) is 5.32 Å². The summed E-state index contributed by atoms with van der Waals surface area (Å²) in [5, 5.41) is 2.78. The smallest absolute Gasteiger partial charge is 0.416 e. The van der Waals surface area contributed by atoms with E-state index in [4.69, 9.17) is 14.2 Å². The Morgan fingerprint density at radius 3 is 2.00 bits per heavy atom. The second-order valence-electron chi connectivity index (χ2n) is 9.28. The molecule has 0 aliphatic heterocycles. The zero-order valence-electron chi connectivity index (χ0n) is 22.9. The third kappa shape index (κ3) is 8.60. The highest BCUT2D eigenvalue weighted by Crippen LogP contribution is 2.31. The second-order valence-corrected chi connectivity index (χ2v) is 9.28. The molecular formula is C33H30F3NO5. The van der Waals surface area contributed by atoms with Gasteiger partial charge in [-0.2, -0.15) is 13.2 Å². The molecule has 4 aromatic carbocycles. The summed E-state index contributed by atoms with van der Waals surface area (Å²) in [5.41, 5.74) is 1.89. The molecule has 42 heavy (non-hydrogen) atoms. The lowest BCUT2D eigenvalue weighted by molar-refractivity contribution is -0.151. The van der Waals surface area contributed by atoms with Crippen molar-refractivity contribution in [3.05, 3.63) is 120 Å². The minimum atomic E-state index is -4.39. The standard InChI is InChI=1S/C33H30F3NO5/c1-2-40-32(39)30(42-29-6-4-3-5-7-29)22-23-8-18-28(19-9-23)41-21-20-37-31(38)26-12-10-24(11-13-26)25-14-16-27(17-15-25)33(34,35)36/h3-19,30H,2,20-22H2,1H3,(H,37,38). The zero-order valence-corrected chi connectivity index (χ0v) is 22.9. The lowest BCUT2D eigenvalue weighted by atomic mass is 10.0. The average molecular weight is 578 g/mol. The Morgan fingerprint density at radius 2 is 1.40 bits per heavy atom. The Kier molecular flexibility index (Phi) is 10.2. The number of carbonyl (C=O) groups is 2. The summed E-state index contributed by atoms with van der Waals surface area (Å²) in [6, 6.07) is 27.8. The maximum atomic E-state index is 12.8. The summed E-state index contributed by atoms with van der Waals surface area (Å²) in [4.78, 5) is 24.9. The summed E-state index contributed by atoms with van der Waals surface area (Å²) in [6.07, 6.45) is -4.86. The number of carbonyl (C=O) groups excluding carboxylic acids is 2. The van der Waals surface area contributed by atoms with Crippen molar-refractivity contribution in [1.29, 1.82) is 0 Å². The van der Waals surface area contributed by atoms with E-state index in [2.05, 4.69) is 5.32 Å². The fraction of sp³-hybridized carbons (Fsp3) is 0.212. The van der Waals surface area contributed by atoms with Gasteiger partial charge in [-0.3, -0.25) is 4.79 Å². The predicted molar refractivity (Wildman–Crippen MR) is 152 cm³/mol. The van der Waals surface area contributed by atoms with Crippen LogP contribution in [-0.2, 0) is 22.1 Å². The Labute approximate surface area is 242 Å². The van der Waals surface area contributed by atoms with Crippen molar-refractivity contribution in [2.45, 2.75) is 25.6 Å². The van der Waals surface area contributed by atoms with Crippen LogP contribution in [0.3, 0.4) is 0 Å². The van der Waals surface area contributed by atoms with Crippen molar-refractivity contribution in [3.8, 4) is 22.6 Å². The van der Waals surface area contributed by atoms with E-state index in [1.54, 1.807) is 55.5 Å². The molecule has 1 N–H and O–H groups in total. The molecule has 9 heteroatoms. The van der Waals surface area contributed by atoms with Gasteiger partial charge in [0.1, 0.15) is 18.1 Å². The van der Waals surface area contributed by atoms with Gasteiger partial charge in [-0.15, -0.1) is 0 Å². The van der Waals surface area contributed by atoms with Gasteiger partial charge in [-0.25, -0.2) is 4.79 Å². The number of amides is 1. The number of alkyl halides is 3. The van der Waals surface area contributed by atoms with Crippen molar-refractivity contribution in [3.63, 3.8) is 0 Å². The Bertz CT molecular complexity index is 1440. The maximum absolute atomic E-state index is 12.8. The van der Waals surface area contributed by atoms with Crippen LogP contribution in [-0.4, -0.2) is 37.7 Å². The number of hydrogen-bond donors (Lipinski definition) is 1. The number of halogens is 3. The molecule has 0 spiro atoms. The van der Waals surface area contributed by atoms with Crippen molar-refractivity contribution < 1.29 is 37.0 Å². The Morgan fingerprint density at radius 1 is 0.786 bits per heavy atom. The van der Waals surface area contributed by atoms with Crippen molar-refractivity contribution >= 4 is 11.9 Å². The van der Waals surface area contributed by atoms with Crippen LogP contribution in [0.4, 0.5) is 13.2 Å². The molecule has 218 valence electrons. The number of ether oxygens (including phenoxy) is 3. The molecule has 6 nitrogen and oxygen atoms in total. The summed E-state index contributed by atoms with van der Waals surface area (Å²) in [6.45, 7) is 2.49. The summed E-state index contributed by atoms with van der Waals surface area (Å²) >= 11 is 0. The first-order chi connectivity index (χ1) is 20.2. The molecule has 1 atom stereocenters. The quantitative estimate of drug-likeness (QED) is 0.149. The molecular weight excluding hydrogens is 547 g/mol. The van der Waals surface area contributed by atoms with Crippen LogP contribution in [0.15, 0.2) is 103 Å². The molecule has 0 aliphatic carbocycles. The zero-order chi connectivity index (χ0) is 30.0. The van der Waals surface area contributed by atoms with Gasteiger partial charge in [0.15, 0.2) is 6.10 Å². The summed E-state index contributed by atoms with van der Waals surface area (Å²) in [7, 11) is 0. The van der Waals surface area contributed by atoms with Gasteiger partial charge in [-0.1, -0.05) is 54.6 Å². The average Bonchev–Trinajstić information content (AvgIpc) is 3.00.